The number of hydrogen-bond acceptors (Lipinski definition) is 8. The van der Waals surface area contributed by atoms with Crippen LogP contribution in [0.2, 0.25) is 5.02 Å². The molecule has 170 valence electrons. The van der Waals surface area contributed by atoms with Crippen molar-refractivity contribution in [3.63, 3.8) is 0 Å². The van der Waals surface area contributed by atoms with Crippen molar-refractivity contribution >= 4 is 47.2 Å². The third-order valence-electron chi connectivity index (χ3n) is 3.63. The maximum Gasteiger partial charge on any atom is 0.328 e. The zero-order chi connectivity index (χ0) is 23.9. The zero-order valence-corrected chi connectivity index (χ0v) is 18.9. The van der Waals surface area contributed by atoms with Crippen LogP contribution in [0.5, 0.6) is 17.2 Å². The molecule has 12 heteroatoms. The Morgan fingerprint density at radius 3 is 1.97 bits per heavy atom. The molecule has 0 saturated heterocycles. The van der Waals surface area contributed by atoms with Crippen LogP contribution in [0.3, 0.4) is 0 Å². The molecule has 1 aromatic rings. The van der Waals surface area contributed by atoms with Crippen molar-refractivity contribution in [2.24, 2.45) is 10.7 Å². The largest absolute Gasteiger partial charge is 0.422 e. The van der Waals surface area contributed by atoms with E-state index in [0.717, 1.165) is 32.1 Å². The average Bonchev–Trinajstić information content (AvgIpc) is 2.65. The number of carbonyl (C=O) groups is 4. The SMILES string of the molecule is CCCN=C(N)NC(=O)N(C)c1c(C)c(OC(C)=O)c(OC(C)=O)c(OC(C)=O)c1Cl. The van der Waals surface area contributed by atoms with Gasteiger partial charge in [0.25, 0.3) is 0 Å². The minimum atomic E-state index is -0.790. The van der Waals surface area contributed by atoms with Gasteiger partial charge in [-0.2, -0.15) is 0 Å². The molecule has 0 saturated carbocycles. The Balaban J connectivity index is 3.68. The molecule has 0 fully saturated rings. The van der Waals surface area contributed by atoms with Crippen LogP contribution in [0.4, 0.5) is 10.5 Å². The molecule has 0 spiro atoms. The van der Waals surface area contributed by atoms with Crippen LogP contribution in [-0.2, 0) is 14.4 Å². The van der Waals surface area contributed by atoms with Crippen LogP contribution in [0.25, 0.3) is 0 Å². The Bertz CT molecular complexity index is 887. The van der Waals surface area contributed by atoms with Crippen molar-refractivity contribution in [1.29, 1.82) is 0 Å². The number of rotatable bonds is 6. The Kier molecular flexibility index (Phi) is 9.25. The summed E-state index contributed by atoms with van der Waals surface area (Å²) in [6.07, 6.45) is 0.729. The van der Waals surface area contributed by atoms with Crippen molar-refractivity contribution in [2.75, 3.05) is 18.5 Å². The molecule has 3 N–H and O–H groups in total. The van der Waals surface area contributed by atoms with Gasteiger partial charge in [-0.25, -0.2) is 4.79 Å². The molecule has 31 heavy (non-hydrogen) atoms. The smallest absolute Gasteiger partial charge is 0.328 e. The highest BCUT2D eigenvalue weighted by atomic mass is 35.5. The van der Waals surface area contributed by atoms with Crippen molar-refractivity contribution in [1.82, 2.24) is 5.32 Å². The number of carbonyl (C=O) groups excluding carboxylic acids is 4. The number of nitrogens with one attached hydrogen (secondary N) is 1. The van der Waals surface area contributed by atoms with Crippen molar-refractivity contribution in [2.45, 2.75) is 41.0 Å². The van der Waals surface area contributed by atoms with Gasteiger partial charge in [0.1, 0.15) is 5.02 Å². The predicted octanol–water partition coefficient (Wildman–Crippen LogP) is 2.29. The Hall–Kier alpha value is -3.34. The highest BCUT2D eigenvalue weighted by molar-refractivity contribution is 6.36. The number of aliphatic imine (C=N–C) groups is 1. The first-order valence-electron chi connectivity index (χ1n) is 9.16. The minimum absolute atomic E-state index is 0.0193. The number of hydrogen-bond donors (Lipinski definition) is 2. The number of guanidine groups is 1. The fourth-order valence-electron chi connectivity index (χ4n) is 2.46. The van der Waals surface area contributed by atoms with E-state index in [1.54, 1.807) is 0 Å². The summed E-state index contributed by atoms with van der Waals surface area (Å²) in [4.78, 5) is 52.6. The van der Waals surface area contributed by atoms with Crippen molar-refractivity contribution < 1.29 is 33.4 Å². The monoisotopic (exact) mass is 456 g/mol. The number of esters is 3. The highest BCUT2D eigenvalue weighted by Crippen LogP contribution is 2.51. The molecule has 11 nitrogen and oxygen atoms in total. The van der Waals surface area contributed by atoms with E-state index in [0.29, 0.717) is 6.54 Å². The summed E-state index contributed by atoms with van der Waals surface area (Å²) in [5, 5.41) is 2.16. The van der Waals surface area contributed by atoms with Gasteiger partial charge in [-0.05, 0) is 13.3 Å². The molecule has 0 aromatic heterocycles. The average molecular weight is 457 g/mol. The summed E-state index contributed by atoms with van der Waals surface area (Å²) in [5.41, 5.74) is 5.87. The second kappa shape index (κ2) is 11.2. The fourth-order valence-corrected chi connectivity index (χ4v) is 2.85. The van der Waals surface area contributed by atoms with Gasteiger partial charge in [-0.1, -0.05) is 18.5 Å². The van der Waals surface area contributed by atoms with Crippen LogP contribution in [-0.4, -0.2) is 43.5 Å². The first kappa shape index (κ1) is 25.7. The van der Waals surface area contributed by atoms with Crippen LogP contribution in [0.15, 0.2) is 4.99 Å². The molecule has 1 rings (SSSR count). The standard InChI is InChI=1S/C19H25ClN4O7/c1-7-8-22-18(21)23-19(28)24(6)14-9(2)15(29-10(3)25)17(31-12(5)27)16(13(14)20)30-11(4)26/h7-8H2,1-6H3,(H3,21,22,23,28). The molecule has 0 aliphatic carbocycles. The first-order chi connectivity index (χ1) is 14.4. The summed E-state index contributed by atoms with van der Waals surface area (Å²) in [5.74, 6) is -3.44. The summed E-state index contributed by atoms with van der Waals surface area (Å²) >= 11 is 6.42. The summed E-state index contributed by atoms with van der Waals surface area (Å²) in [6, 6.07) is -0.717. The Morgan fingerprint density at radius 1 is 1.00 bits per heavy atom. The first-order valence-corrected chi connectivity index (χ1v) is 9.54. The number of anilines is 1. The van der Waals surface area contributed by atoms with E-state index < -0.39 is 29.7 Å². The van der Waals surface area contributed by atoms with E-state index >= 15 is 0 Å². The lowest BCUT2D eigenvalue weighted by Gasteiger charge is -2.25. The number of nitrogens with zero attached hydrogens (tertiary/aromatic N) is 2. The zero-order valence-electron chi connectivity index (χ0n) is 18.1. The van der Waals surface area contributed by atoms with Gasteiger partial charge >= 0.3 is 23.9 Å². The second-order valence-electron chi connectivity index (χ2n) is 6.31. The molecular weight excluding hydrogens is 432 g/mol. The maximum absolute atomic E-state index is 12.6. The molecule has 2 amide bonds. The number of nitrogens with two attached hydrogens (primary N) is 1. The van der Waals surface area contributed by atoms with Crippen LogP contribution in [0, 0.1) is 6.92 Å². The van der Waals surface area contributed by atoms with Gasteiger partial charge in [-0.3, -0.25) is 29.6 Å². The third-order valence-corrected chi connectivity index (χ3v) is 3.98. The van der Waals surface area contributed by atoms with E-state index in [-0.39, 0.29) is 33.7 Å². The van der Waals surface area contributed by atoms with E-state index in [4.69, 9.17) is 31.5 Å². The summed E-state index contributed by atoms with van der Waals surface area (Å²) in [6.45, 7) is 7.11. The minimum Gasteiger partial charge on any atom is -0.422 e. The molecule has 0 aliphatic rings. The van der Waals surface area contributed by atoms with Crippen molar-refractivity contribution in [3.05, 3.63) is 10.6 Å². The molecule has 0 heterocycles. The van der Waals surface area contributed by atoms with Gasteiger partial charge in [0.05, 0.1) is 5.69 Å². The summed E-state index contributed by atoms with van der Waals surface area (Å²) < 4.78 is 15.4. The molecule has 1 aromatic carbocycles. The number of halogens is 1. The van der Waals surface area contributed by atoms with Gasteiger partial charge in [-0.15, -0.1) is 0 Å². The van der Waals surface area contributed by atoms with Gasteiger partial charge < -0.3 is 19.9 Å². The van der Waals surface area contributed by atoms with Gasteiger partial charge in [0.2, 0.25) is 5.75 Å². The summed E-state index contributed by atoms with van der Waals surface area (Å²) in [7, 11) is 1.36. The van der Waals surface area contributed by atoms with Crippen LogP contribution >= 0.6 is 11.6 Å². The second-order valence-corrected chi connectivity index (χ2v) is 6.69. The lowest BCUT2D eigenvalue weighted by Crippen LogP contribution is -2.44. The topological polar surface area (TPSA) is 150 Å². The molecule has 0 unspecified atom stereocenters. The molecule has 0 radical (unpaired) electrons. The lowest BCUT2D eigenvalue weighted by atomic mass is 10.1. The van der Waals surface area contributed by atoms with Gasteiger partial charge in [0, 0.05) is 39.9 Å². The highest BCUT2D eigenvalue weighted by Gasteiger charge is 2.31. The normalized spacial score (nSPS) is 10.9. The fraction of sp³-hybridized carbons (Fsp3) is 0.421. The van der Waals surface area contributed by atoms with E-state index in [1.807, 2.05) is 6.92 Å². The molecule has 0 aliphatic heterocycles. The Labute approximate surface area is 184 Å². The van der Waals surface area contributed by atoms with Crippen LogP contribution in [0.1, 0.15) is 39.7 Å². The third kappa shape index (κ3) is 6.85. The number of ether oxygens (including phenoxy) is 3. The maximum atomic E-state index is 12.6. The van der Waals surface area contributed by atoms with Crippen LogP contribution < -0.4 is 30.2 Å². The Morgan fingerprint density at radius 2 is 1.48 bits per heavy atom. The van der Waals surface area contributed by atoms with E-state index in [9.17, 15) is 19.2 Å². The van der Waals surface area contributed by atoms with E-state index in [2.05, 4.69) is 10.3 Å². The lowest BCUT2D eigenvalue weighted by molar-refractivity contribution is -0.135. The molecule has 0 bridgehead atoms. The number of urea groups is 1. The van der Waals surface area contributed by atoms with Crippen molar-refractivity contribution in [3.8, 4) is 17.2 Å². The van der Waals surface area contributed by atoms with E-state index in [1.165, 1.54) is 14.0 Å². The quantitative estimate of drug-likeness (QED) is 0.286. The number of benzene rings is 1. The number of amides is 2. The predicted molar refractivity (Wildman–Crippen MR) is 114 cm³/mol. The molecule has 0 atom stereocenters. The molecular formula is C19H25ClN4O7. The van der Waals surface area contributed by atoms with Gasteiger partial charge in [0.15, 0.2) is 17.5 Å².